The summed E-state index contributed by atoms with van der Waals surface area (Å²) in [6.45, 7) is 2.40. The lowest BCUT2D eigenvalue weighted by atomic mass is 10.2. The molecule has 0 spiro atoms. The zero-order chi connectivity index (χ0) is 11.4. The van der Waals surface area contributed by atoms with Gasteiger partial charge in [0.1, 0.15) is 11.5 Å². The minimum absolute atomic E-state index is 0.377. The third kappa shape index (κ3) is 2.38. The van der Waals surface area contributed by atoms with Crippen LogP contribution in [0.5, 0.6) is 11.5 Å². The van der Waals surface area contributed by atoms with Crippen molar-refractivity contribution in [2.45, 2.75) is 13.5 Å². The number of pyridine rings is 1. The van der Waals surface area contributed by atoms with Gasteiger partial charge in [-0.3, -0.25) is 4.98 Å². The standard InChI is InChI=1S/C13H14N2O/c1-10-4-2-5-11(8-10)16-13-6-3-7-15-12(13)9-14/h2-8H,9,14H2,1H3. The van der Waals surface area contributed by atoms with Crippen molar-refractivity contribution in [3.63, 3.8) is 0 Å². The van der Waals surface area contributed by atoms with Crippen LogP contribution in [0.25, 0.3) is 0 Å². The van der Waals surface area contributed by atoms with Gasteiger partial charge in [0.25, 0.3) is 0 Å². The number of hydrogen-bond donors (Lipinski definition) is 1. The molecule has 1 aromatic heterocycles. The third-order valence-electron chi connectivity index (χ3n) is 2.26. The Morgan fingerprint density at radius 2 is 2.12 bits per heavy atom. The molecule has 0 fully saturated rings. The molecule has 3 nitrogen and oxygen atoms in total. The average Bonchev–Trinajstić information content (AvgIpc) is 2.30. The first-order valence-electron chi connectivity index (χ1n) is 5.18. The van der Waals surface area contributed by atoms with Gasteiger partial charge in [0.05, 0.1) is 5.69 Å². The number of nitrogens with two attached hydrogens (primary N) is 1. The molecule has 2 N–H and O–H groups in total. The molecule has 0 atom stereocenters. The van der Waals surface area contributed by atoms with Crippen LogP contribution < -0.4 is 10.5 Å². The lowest BCUT2D eigenvalue weighted by Gasteiger charge is -2.09. The van der Waals surface area contributed by atoms with Crippen molar-refractivity contribution < 1.29 is 4.74 Å². The van der Waals surface area contributed by atoms with Crippen molar-refractivity contribution >= 4 is 0 Å². The van der Waals surface area contributed by atoms with E-state index in [4.69, 9.17) is 10.5 Å². The van der Waals surface area contributed by atoms with E-state index in [9.17, 15) is 0 Å². The highest BCUT2D eigenvalue weighted by Gasteiger charge is 2.03. The second-order valence-corrected chi connectivity index (χ2v) is 3.57. The van der Waals surface area contributed by atoms with Crippen LogP contribution >= 0.6 is 0 Å². The molecule has 0 amide bonds. The van der Waals surface area contributed by atoms with Crippen LogP contribution in [-0.2, 0) is 6.54 Å². The highest BCUT2D eigenvalue weighted by molar-refractivity contribution is 5.35. The summed E-state index contributed by atoms with van der Waals surface area (Å²) >= 11 is 0. The number of hydrogen-bond acceptors (Lipinski definition) is 3. The summed E-state index contributed by atoms with van der Waals surface area (Å²) in [6.07, 6.45) is 1.71. The second kappa shape index (κ2) is 4.77. The van der Waals surface area contributed by atoms with Crippen LogP contribution in [0.15, 0.2) is 42.6 Å². The lowest BCUT2D eigenvalue weighted by Crippen LogP contribution is -2.01. The van der Waals surface area contributed by atoms with Crippen molar-refractivity contribution in [2.75, 3.05) is 0 Å². The molecule has 0 saturated carbocycles. The Morgan fingerprint density at radius 1 is 1.25 bits per heavy atom. The van der Waals surface area contributed by atoms with Gasteiger partial charge in [0.2, 0.25) is 0 Å². The highest BCUT2D eigenvalue weighted by Crippen LogP contribution is 2.23. The first-order chi connectivity index (χ1) is 7.79. The summed E-state index contributed by atoms with van der Waals surface area (Å²) in [5.74, 6) is 1.53. The monoisotopic (exact) mass is 214 g/mol. The summed E-state index contributed by atoms with van der Waals surface area (Å²) in [7, 11) is 0. The normalized spacial score (nSPS) is 10.1. The van der Waals surface area contributed by atoms with E-state index in [0.717, 1.165) is 22.8 Å². The van der Waals surface area contributed by atoms with E-state index in [1.54, 1.807) is 6.20 Å². The molecule has 0 aliphatic heterocycles. The molecule has 16 heavy (non-hydrogen) atoms. The maximum absolute atomic E-state index is 5.74. The number of nitrogens with zero attached hydrogens (tertiary/aromatic N) is 1. The molecular weight excluding hydrogens is 200 g/mol. The molecule has 1 aromatic carbocycles. The first kappa shape index (κ1) is 10.6. The molecule has 0 aliphatic rings. The first-order valence-corrected chi connectivity index (χ1v) is 5.18. The summed E-state index contributed by atoms with van der Waals surface area (Å²) in [4.78, 5) is 4.17. The Hall–Kier alpha value is -1.87. The van der Waals surface area contributed by atoms with Gasteiger partial charge in [-0.2, -0.15) is 0 Å². The van der Waals surface area contributed by atoms with Gasteiger partial charge < -0.3 is 10.5 Å². The van der Waals surface area contributed by atoms with Crippen LogP contribution in [0.4, 0.5) is 0 Å². The fourth-order valence-corrected chi connectivity index (χ4v) is 1.48. The molecule has 0 bridgehead atoms. The zero-order valence-corrected chi connectivity index (χ0v) is 9.18. The van der Waals surface area contributed by atoms with Gasteiger partial charge in [-0.25, -0.2) is 0 Å². The molecule has 2 aromatic rings. The maximum atomic E-state index is 5.74. The number of aromatic nitrogens is 1. The highest BCUT2D eigenvalue weighted by atomic mass is 16.5. The number of benzene rings is 1. The number of ether oxygens (including phenoxy) is 1. The van der Waals surface area contributed by atoms with Crippen LogP contribution in [0.3, 0.4) is 0 Å². The van der Waals surface area contributed by atoms with Crippen molar-refractivity contribution in [1.82, 2.24) is 4.98 Å². The molecule has 0 aliphatic carbocycles. The minimum atomic E-state index is 0.377. The summed E-state index contributed by atoms with van der Waals surface area (Å²) in [5.41, 5.74) is 7.52. The van der Waals surface area contributed by atoms with E-state index in [-0.39, 0.29) is 0 Å². The van der Waals surface area contributed by atoms with Crippen molar-refractivity contribution in [3.8, 4) is 11.5 Å². The van der Waals surface area contributed by atoms with E-state index in [1.165, 1.54) is 0 Å². The predicted molar refractivity (Wildman–Crippen MR) is 63.4 cm³/mol. The zero-order valence-electron chi connectivity index (χ0n) is 9.18. The molecule has 0 radical (unpaired) electrons. The fourth-order valence-electron chi connectivity index (χ4n) is 1.48. The van der Waals surface area contributed by atoms with E-state index < -0.39 is 0 Å². The predicted octanol–water partition coefficient (Wildman–Crippen LogP) is 2.64. The fraction of sp³-hybridized carbons (Fsp3) is 0.154. The Kier molecular flexibility index (Phi) is 3.17. The van der Waals surface area contributed by atoms with E-state index in [0.29, 0.717) is 6.54 Å². The van der Waals surface area contributed by atoms with E-state index in [1.807, 2.05) is 43.3 Å². The van der Waals surface area contributed by atoms with Crippen LogP contribution in [0, 0.1) is 6.92 Å². The lowest BCUT2D eigenvalue weighted by molar-refractivity contribution is 0.472. The SMILES string of the molecule is Cc1cccc(Oc2cccnc2CN)c1. The number of rotatable bonds is 3. The molecular formula is C13H14N2O. The largest absolute Gasteiger partial charge is 0.455 e. The van der Waals surface area contributed by atoms with E-state index in [2.05, 4.69) is 4.98 Å². The maximum Gasteiger partial charge on any atom is 0.150 e. The minimum Gasteiger partial charge on any atom is -0.455 e. The molecule has 1 heterocycles. The third-order valence-corrected chi connectivity index (χ3v) is 2.26. The van der Waals surface area contributed by atoms with Crippen molar-refractivity contribution in [1.29, 1.82) is 0 Å². The Labute approximate surface area is 94.9 Å². The van der Waals surface area contributed by atoms with Gasteiger partial charge >= 0.3 is 0 Å². The van der Waals surface area contributed by atoms with E-state index >= 15 is 0 Å². The molecule has 0 unspecified atom stereocenters. The molecule has 3 heteroatoms. The average molecular weight is 214 g/mol. The Bertz CT molecular complexity index is 483. The Morgan fingerprint density at radius 3 is 2.88 bits per heavy atom. The molecule has 2 rings (SSSR count). The summed E-state index contributed by atoms with van der Waals surface area (Å²) in [5, 5.41) is 0. The van der Waals surface area contributed by atoms with Gasteiger partial charge in [0, 0.05) is 12.7 Å². The second-order valence-electron chi connectivity index (χ2n) is 3.57. The van der Waals surface area contributed by atoms with Gasteiger partial charge in [-0.05, 0) is 36.8 Å². The quantitative estimate of drug-likeness (QED) is 0.854. The van der Waals surface area contributed by atoms with Crippen LogP contribution in [0.2, 0.25) is 0 Å². The smallest absolute Gasteiger partial charge is 0.150 e. The van der Waals surface area contributed by atoms with Crippen molar-refractivity contribution in [2.24, 2.45) is 5.73 Å². The molecule has 82 valence electrons. The van der Waals surface area contributed by atoms with Crippen LogP contribution in [0.1, 0.15) is 11.3 Å². The van der Waals surface area contributed by atoms with Gasteiger partial charge in [-0.15, -0.1) is 0 Å². The summed E-state index contributed by atoms with van der Waals surface area (Å²) < 4.78 is 5.74. The van der Waals surface area contributed by atoms with Crippen molar-refractivity contribution in [3.05, 3.63) is 53.9 Å². The van der Waals surface area contributed by atoms with Gasteiger partial charge in [-0.1, -0.05) is 12.1 Å². The number of aryl methyl sites for hydroxylation is 1. The van der Waals surface area contributed by atoms with Gasteiger partial charge in [0.15, 0.2) is 0 Å². The topological polar surface area (TPSA) is 48.1 Å². The molecule has 0 saturated heterocycles. The Balaban J connectivity index is 2.26. The van der Waals surface area contributed by atoms with Crippen LogP contribution in [-0.4, -0.2) is 4.98 Å². The summed E-state index contributed by atoms with van der Waals surface area (Å²) in [6, 6.07) is 11.6.